The number of rotatable bonds is 4. The molecule has 0 saturated heterocycles. The molecule has 4 nitrogen and oxygen atoms in total. The van der Waals surface area contributed by atoms with Gasteiger partial charge in [0.1, 0.15) is 5.60 Å². The molecule has 0 aliphatic carbocycles. The van der Waals surface area contributed by atoms with E-state index in [9.17, 15) is 22.8 Å². The summed E-state index contributed by atoms with van der Waals surface area (Å²) in [6.07, 6.45) is -4.70. The van der Waals surface area contributed by atoms with Crippen LogP contribution >= 0.6 is 0 Å². The van der Waals surface area contributed by atoms with Crippen molar-refractivity contribution in [2.24, 2.45) is 5.92 Å². The Hall–Kier alpha value is -2.05. The van der Waals surface area contributed by atoms with Crippen LogP contribution in [0.5, 0.6) is 0 Å². The van der Waals surface area contributed by atoms with Gasteiger partial charge >= 0.3 is 18.1 Å². The minimum atomic E-state index is -4.46. The number of alkyl halides is 3. The maximum atomic E-state index is 12.5. The molecule has 0 aliphatic rings. The summed E-state index contributed by atoms with van der Waals surface area (Å²) in [5.74, 6) is -3.76. The summed E-state index contributed by atoms with van der Waals surface area (Å²) in [7, 11) is 0. The summed E-state index contributed by atoms with van der Waals surface area (Å²) in [6.45, 7) is 4.80. The highest BCUT2D eigenvalue weighted by atomic mass is 19.4. The fraction of sp³-hybridized carbons (Fsp3) is 0.467. The van der Waals surface area contributed by atoms with E-state index in [4.69, 9.17) is 9.84 Å². The Morgan fingerprint density at radius 3 is 2.00 bits per heavy atom. The maximum Gasteiger partial charge on any atom is 0.416 e. The van der Waals surface area contributed by atoms with Crippen LogP contribution in [-0.4, -0.2) is 22.6 Å². The third-order valence-corrected chi connectivity index (χ3v) is 2.71. The number of carbonyl (C=O) groups excluding carboxylic acids is 1. The Balaban J connectivity index is 2.88. The van der Waals surface area contributed by atoms with Gasteiger partial charge in [0.25, 0.3) is 0 Å². The molecule has 0 heterocycles. The Labute approximate surface area is 125 Å². The van der Waals surface area contributed by atoms with E-state index in [-0.39, 0.29) is 6.42 Å². The number of hydrogen-bond acceptors (Lipinski definition) is 3. The van der Waals surface area contributed by atoms with E-state index >= 15 is 0 Å². The van der Waals surface area contributed by atoms with Gasteiger partial charge in [0, 0.05) is 0 Å². The van der Waals surface area contributed by atoms with Crippen molar-refractivity contribution in [1.29, 1.82) is 0 Å². The fourth-order valence-corrected chi connectivity index (χ4v) is 1.71. The first kappa shape index (κ1) is 18.0. The predicted octanol–water partition coefficient (Wildman–Crippen LogP) is 3.29. The molecule has 1 aromatic rings. The Kier molecular flexibility index (Phi) is 5.22. The number of ether oxygens (including phenoxy) is 1. The second-order valence-electron chi connectivity index (χ2n) is 5.82. The Bertz CT molecular complexity index is 541. The van der Waals surface area contributed by atoms with Crippen molar-refractivity contribution >= 4 is 11.9 Å². The third kappa shape index (κ3) is 5.38. The molecule has 0 amide bonds. The van der Waals surface area contributed by atoms with Crippen LogP contribution in [0.25, 0.3) is 0 Å². The van der Waals surface area contributed by atoms with Crippen LogP contribution in [0.1, 0.15) is 31.9 Å². The quantitative estimate of drug-likeness (QED) is 0.683. The van der Waals surface area contributed by atoms with Crippen molar-refractivity contribution in [1.82, 2.24) is 0 Å². The van der Waals surface area contributed by atoms with Gasteiger partial charge in [0.15, 0.2) is 5.92 Å². The zero-order chi connectivity index (χ0) is 17.1. The third-order valence-electron chi connectivity index (χ3n) is 2.71. The predicted molar refractivity (Wildman–Crippen MR) is 72.1 cm³/mol. The van der Waals surface area contributed by atoms with E-state index < -0.39 is 35.2 Å². The first-order valence-electron chi connectivity index (χ1n) is 6.52. The molecule has 1 rings (SSSR count). The van der Waals surface area contributed by atoms with Gasteiger partial charge in [-0.05, 0) is 44.9 Å². The number of halogens is 3. The minimum Gasteiger partial charge on any atom is -0.481 e. The molecule has 22 heavy (non-hydrogen) atoms. The van der Waals surface area contributed by atoms with Gasteiger partial charge in [-0.3, -0.25) is 9.59 Å². The van der Waals surface area contributed by atoms with E-state index in [0.717, 1.165) is 24.3 Å². The van der Waals surface area contributed by atoms with Crippen molar-refractivity contribution in [3.8, 4) is 0 Å². The molecule has 0 fully saturated rings. The van der Waals surface area contributed by atoms with Gasteiger partial charge in [-0.2, -0.15) is 13.2 Å². The minimum absolute atomic E-state index is 0.234. The van der Waals surface area contributed by atoms with Gasteiger partial charge in [0.2, 0.25) is 0 Å². The number of esters is 1. The molecular formula is C15H17F3O4. The molecule has 0 aliphatic heterocycles. The largest absolute Gasteiger partial charge is 0.481 e. The smallest absolute Gasteiger partial charge is 0.416 e. The van der Waals surface area contributed by atoms with Crippen molar-refractivity contribution in [2.45, 2.75) is 39.0 Å². The van der Waals surface area contributed by atoms with Crippen LogP contribution in [0.3, 0.4) is 0 Å². The average molecular weight is 318 g/mol. The molecule has 1 atom stereocenters. The molecule has 0 spiro atoms. The second kappa shape index (κ2) is 6.37. The van der Waals surface area contributed by atoms with Crippen molar-refractivity contribution in [3.63, 3.8) is 0 Å². The first-order chi connectivity index (χ1) is 9.90. The van der Waals surface area contributed by atoms with Crippen LogP contribution in [0.4, 0.5) is 13.2 Å². The molecule has 0 radical (unpaired) electrons. The first-order valence-corrected chi connectivity index (χ1v) is 6.52. The van der Waals surface area contributed by atoms with Gasteiger partial charge in [-0.1, -0.05) is 12.1 Å². The topological polar surface area (TPSA) is 63.6 Å². The zero-order valence-corrected chi connectivity index (χ0v) is 12.4. The van der Waals surface area contributed by atoms with Crippen LogP contribution in [0, 0.1) is 5.92 Å². The van der Waals surface area contributed by atoms with Gasteiger partial charge in [-0.25, -0.2) is 0 Å². The lowest BCUT2D eigenvalue weighted by atomic mass is 9.98. The number of carboxylic acids is 1. The number of carboxylic acid groups (broad SMARTS) is 1. The number of benzene rings is 1. The number of carbonyl (C=O) groups is 2. The molecule has 1 unspecified atom stereocenters. The molecule has 0 aromatic heterocycles. The van der Waals surface area contributed by atoms with Crippen LogP contribution in [0.15, 0.2) is 24.3 Å². The van der Waals surface area contributed by atoms with Crippen molar-refractivity contribution < 1.29 is 32.6 Å². The summed E-state index contributed by atoms with van der Waals surface area (Å²) < 4.78 is 42.4. The lowest BCUT2D eigenvalue weighted by molar-refractivity contribution is -0.166. The lowest BCUT2D eigenvalue weighted by Gasteiger charge is -2.22. The summed E-state index contributed by atoms with van der Waals surface area (Å²) in [6, 6.07) is 4.01. The lowest BCUT2D eigenvalue weighted by Crippen LogP contribution is -2.34. The summed E-state index contributed by atoms with van der Waals surface area (Å²) in [4.78, 5) is 23.0. The molecule has 0 saturated carbocycles. The summed E-state index contributed by atoms with van der Waals surface area (Å²) in [5, 5.41) is 9.10. The van der Waals surface area contributed by atoms with E-state index in [1.807, 2.05) is 0 Å². The van der Waals surface area contributed by atoms with Crippen molar-refractivity contribution in [2.75, 3.05) is 0 Å². The second-order valence-corrected chi connectivity index (χ2v) is 5.82. The van der Waals surface area contributed by atoms with Gasteiger partial charge in [0.05, 0.1) is 5.56 Å². The number of hydrogen-bond donors (Lipinski definition) is 1. The van der Waals surface area contributed by atoms with Crippen LogP contribution in [-0.2, 0) is 26.9 Å². The molecule has 7 heteroatoms. The molecule has 0 bridgehead atoms. The highest BCUT2D eigenvalue weighted by Crippen LogP contribution is 2.29. The zero-order valence-electron chi connectivity index (χ0n) is 12.4. The molecule has 122 valence electrons. The van der Waals surface area contributed by atoms with E-state index in [1.54, 1.807) is 20.8 Å². The number of aliphatic carboxylic acids is 1. The van der Waals surface area contributed by atoms with Crippen LogP contribution < -0.4 is 0 Å². The van der Waals surface area contributed by atoms with E-state index in [0.29, 0.717) is 5.56 Å². The highest BCUT2D eigenvalue weighted by molar-refractivity contribution is 5.94. The molecular weight excluding hydrogens is 301 g/mol. The molecule has 1 N–H and O–H groups in total. The van der Waals surface area contributed by atoms with E-state index in [1.165, 1.54) is 0 Å². The summed E-state index contributed by atoms with van der Waals surface area (Å²) >= 11 is 0. The monoisotopic (exact) mass is 318 g/mol. The van der Waals surface area contributed by atoms with E-state index in [2.05, 4.69) is 0 Å². The Morgan fingerprint density at radius 1 is 1.14 bits per heavy atom. The molecule has 1 aromatic carbocycles. The maximum absolute atomic E-state index is 12.5. The highest BCUT2D eigenvalue weighted by Gasteiger charge is 2.32. The van der Waals surface area contributed by atoms with Gasteiger partial charge in [-0.15, -0.1) is 0 Å². The Morgan fingerprint density at radius 2 is 1.64 bits per heavy atom. The van der Waals surface area contributed by atoms with Crippen LogP contribution in [0.2, 0.25) is 0 Å². The van der Waals surface area contributed by atoms with Crippen molar-refractivity contribution in [3.05, 3.63) is 35.4 Å². The normalized spacial score (nSPS) is 13.5. The standard InChI is InChI=1S/C15H17F3O4/c1-14(2,3)22-13(21)11(12(19)20)8-9-4-6-10(7-5-9)15(16,17)18/h4-7,11H,8H2,1-3H3,(H,19,20). The summed E-state index contributed by atoms with van der Waals surface area (Å²) in [5.41, 5.74) is -1.36. The van der Waals surface area contributed by atoms with Gasteiger partial charge < -0.3 is 9.84 Å². The fourth-order valence-electron chi connectivity index (χ4n) is 1.71. The SMILES string of the molecule is CC(C)(C)OC(=O)C(Cc1ccc(C(F)(F)F)cc1)C(=O)O. The average Bonchev–Trinajstić information content (AvgIpc) is 2.32.